The number of para-hydroxylation sites is 2. The van der Waals surface area contributed by atoms with E-state index in [-0.39, 0.29) is 29.7 Å². The molecule has 1 aromatic heterocycles. The second-order valence-electron chi connectivity index (χ2n) is 10.9. The molecule has 1 fully saturated rings. The third-order valence-corrected chi connectivity index (χ3v) is 7.79. The molecule has 186 valence electrons. The molecule has 1 saturated heterocycles. The summed E-state index contributed by atoms with van der Waals surface area (Å²) in [4.78, 5) is 47.0. The predicted molar refractivity (Wildman–Crippen MR) is 134 cm³/mol. The van der Waals surface area contributed by atoms with E-state index in [1.54, 1.807) is 55.1 Å². The SMILES string of the molecule is CC(C)[C@H]1NC(=O)[C@@H](C[C@]2(O)c3ccccc3N3C(=O)C(C)(C)N[C@H]32)n2c1nc1ccccc1c2=O. The van der Waals surface area contributed by atoms with Crippen LogP contribution in [0.25, 0.3) is 10.9 Å². The van der Waals surface area contributed by atoms with Crippen LogP contribution in [-0.4, -0.2) is 38.2 Å². The Morgan fingerprint density at radius 2 is 1.75 bits per heavy atom. The molecule has 2 amide bonds. The predicted octanol–water partition coefficient (Wildman–Crippen LogP) is 2.10. The average molecular weight is 488 g/mol. The van der Waals surface area contributed by atoms with Crippen LogP contribution >= 0.6 is 0 Å². The normalized spacial score (nSPS) is 28.3. The first-order chi connectivity index (χ1) is 17.0. The van der Waals surface area contributed by atoms with E-state index >= 15 is 0 Å². The van der Waals surface area contributed by atoms with Crippen LogP contribution in [0.4, 0.5) is 5.69 Å². The van der Waals surface area contributed by atoms with Crippen LogP contribution in [0.5, 0.6) is 0 Å². The minimum atomic E-state index is -1.62. The highest BCUT2D eigenvalue weighted by Gasteiger charge is 2.61. The molecule has 0 bridgehead atoms. The van der Waals surface area contributed by atoms with E-state index in [1.165, 1.54) is 4.57 Å². The smallest absolute Gasteiger partial charge is 0.262 e. The Kier molecular flexibility index (Phi) is 4.75. The Balaban J connectivity index is 1.54. The Bertz CT molecular complexity index is 1500. The molecule has 2 aromatic carbocycles. The fourth-order valence-corrected chi connectivity index (χ4v) is 5.95. The zero-order valence-corrected chi connectivity index (χ0v) is 20.6. The zero-order chi connectivity index (χ0) is 25.6. The van der Waals surface area contributed by atoms with E-state index in [9.17, 15) is 19.5 Å². The number of aromatic nitrogens is 2. The Hall–Kier alpha value is -3.56. The van der Waals surface area contributed by atoms with Gasteiger partial charge in [0.2, 0.25) is 11.8 Å². The molecule has 4 heterocycles. The first-order valence-corrected chi connectivity index (χ1v) is 12.3. The maximum Gasteiger partial charge on any atom is 0.262 e. The number of benzene rings is 2. The molecule has 0 aliphatic carbocycles. The highest BCUT2D eigenvalue weighted by Crippen LogP contribution is 2.50. The summed E-state index contributed by atoms with van der Waals surface area (Å²) in [5.41, 5.74) is -1.11. The fraction of sp³-hybridized carbons (Fsp3) is 0.407. The van der Waals surface area contributed by atoms with Gasteiger partial charge in [0, 0.05) is 12.0 Å². The van der Waals surface area contributed by atoms with Gasteiger partial charge in [-0.2, -0.15) is 0 Å². The van der Waals surface area contributed by atoms with Gasteiger partial charge in [-0.15, -0.1) is 0 Å². The van der Waals surface area contributed by atoms with Crippen molar-refractivity contribution < 1.29 is 14.7 Å². The van der Waals surface area contributed by atoms with Crippen LogP contribution in [-0.2, 0) is 15.2 Å². The lowest BCUT2D eigenvalue weighted by molar-refractivity contribution is -0.130. The van der Waals surface area contributed by atoms with Crippen LogP contribution in [0, 0.1) is 5.92 Å². The number of rotatable bonds is 3. The molecule has 3 aliphatic heterocycles. The molecule has 3 aromatic rings. The molecular formula is C27H29N5O4. The van der Waals surface area contributed by atoms with E-state index in [4.69, 9.17) is 4.98 Å². The quantitative estimate of drug-likeness (QED) is 0.521. The summed E-state index contributed by atoms with van der Waals surface area (Å²) in [6, 6.07) is 12.8. The lowest BCUT2D eigenvalue weighted by Crippen LogP contribution is -2.55. The summed E-state index contributed by atoms with van der Waals surface area (Å²) in [6.45, 7) is 7.47. The summed E-state index contributed by atoms with van der Waals surface area (Å²) in [6.07, 6.45) is -0.883. The lowest BCUT2D eigenvalue weighted by Gasteiger charge is -2.39. The molecule has 4 atom stereocenters. The summed E-state index contributed by atoms with van der Waals surface area (Å²) in [5.74, 6) is -0.0434. The van der Waals surface area contributed by atoms with Gasteiger partial charge < -0.3 is 10.4 Å². The summed E-state index contributed by atoms with van der Waals surface area (Å²) in [7, 11) is 0. The van der Waals surface area contributed by atoms with Crippen molar-refractivity contribution in [1.29, 1.82) is 0 Å². The third-order valence-electron chi connectivity index (χ3n) is 7.79. The number of nitrogens with one attached hydrogen (secondary N) is 2. The number of carbonyl (C=O) groups excluding carboxylic acids is 2. The van der Waals surface area contributed by atoms with Crippen molar-refractivity contribution in [2.24, 2.45) is 5.92 Å². The monoisotopic (exact) mass is 487 g/mol. The van der Waals surface area contributed by atoms with Gasteiger partial charge in [-0.25, -0.2) is 4.98 Å². The Morgan fingerprint density at radius 3 is 2.50 bits per heavy atom. The summed E-state index contributed by atoms with van der Waals surface area (Å²) in [5, 5.41) is 19.0. The number of amides is 2. The van der Waals surface area contributed by atoms with E-state index in [0.717, 1.165) is 0 Å². The van der Waals surface area contributed by atoms with Gasteiger partial charge >= 0.3 is 0 Å². The van der Waals surface area contributed by atoms with Gasteiger partial charge in [0.05, 0.1) is 28.2 Å². The van der Waals surface area contributed by atoms with Crippen molar-refractivity contribution in [3.05, 3.63) is 70.3 Å². The molecular weight excluding hydrogens is 458 g/mol. The Morgan fingerprint density at radius 1 is 1.06 bits per heavy atom. The van der Waals surface area contributed by atoms with E-state index in [2.05, 4.69) is 10.6 Å². The molecule has 0 unspecified atom stereocenters. The number of carbonyl (C=O) groups is 2. The van der Waals surface area contributed by atoms with Gasteiger partial charge in [-0.1, -0.05) is 44.2 Å². The maximum absolute atomic E-state index is 13.8. The van der Waals surface area contributed by atoms with Gasteiger partial charge in [0.25, 0.3) is 5.56 Å². The fourth-order valence-electron chi connectivity index (χ4n) is 5.95. The minimum Gasteiger partial charge on any atom is -0.381 e. The van der Waals surface area contributed by atoms with E-state index in [0.29, 0.717) is 28.0 Å². The number of hydrogen-bond acceptors (Lipinski definition) is 6. The second-order valence-corrected chi connectivity index (χ2v) is 10.9. The van der Waals surface area contributed by atoms with Crippen molar-refractivity contribution in [3.63, 3.8) is 0 Å². The van der Waals surface area contributed by atoms with Crippen LogP contribution < -0.4 is 21.1 Å². The number of aliphatic hydroxyl groups is 1. The molecule has 0 spiro atoms. The number of nitrogens with zero attached hydrogens (tertiary/aromatic N) is 3. The number of anilines is 1. The highest BCUT2D eigenvalue weighted by atomic mass is 16.3. The van der Waals surface area contributed by atoms with Gasteiger partial charge in [0.15, 0.2) is 0 Å². The highest BCUT2D eigenvalue weighted by molar-refractivity contribution is 6.05. The Labute approximate surface area is 208 Å². The van der Waals surface area contributed by atoms with Crippen LogP contribution in [0.15, 0.2) is 53.3 Å². The molecule has 6 rings (SSSR count). The summed E-state index contributed by atoms with van der Waals surface area (Å²) < 4.78 is 1.46. The van der Waals surface area contributed by atoms with Gasteiger partial charge in [-0.05, 0) is 38.0 Å². The molecule has 3 aliphatic rings. The van der Waals surface area contributed by atoms with Crippen LogP contribution in [0.2, 0.25) is 0 Å². The lowest BCUT2D eigenvalue weighted by atomic mass is 9.84. The standard InChI is InChI=1S/C27H29N5O4/c1-14(2)20-21-28-17-11-7-5-9-15(17)23(34)31(21)19(22(33)29-20)13-27(36)16-10-6-8-12-18(16)32-24(27)30-26(3,4)25(32)35/h5-12,14,19-20,24,30,36H,13H2,1-4H3,(H,29,33)/t19-,20-,24-,27+/m1/s1. The summed E-state index contributed by atoms with van der Waals surface area (Å²) >= 11 is 0. The minimum absolute atomic E-state index is 0.00471. The van der Waals surface area contributed by atoms with Crippen molar-refractivity contribution in [1.82, 2.24) is 20.2 Å². The van der Waals surface area contributed by atoms with E-state index in [1.807, 2.05) is 26.0 Å². The van der Waals surface area contributed by atoms with Crippen LogP contribution in [0.3, 0.4) is 0 Å². The topological polar surface area (TPSA) is 117 Å². The number of fused-ring (bicyclic) bond motifs is 5. The van der Waals surface area contributed by atoms with Crippen molar-refractivity contribution >= 4 is 28.4 Å². The molecule has 0 saturated carbocycles. The maximum atomic E-state index is 13.8. The van der Waals surface area contributed by atoms with Gasteiger partial charge in [0.1, 0.15) is 23.6 Å². The first kappa shape index (κ1) is 22.9. The molecule has 3 N–H and O–H groups in total. The van der Waals surface area contributed by atoms with Crippen molar-refractivity contribution in [3.8, 4) is 0 Å². The first-order valence-electron chi connectivity index (χ1n) is 12.3. The largest absolute Gasteiger partial charge is 0.381 e. The molecule has 9 nitrogen and oxygen atoms in total. The molecule has 9 heteroatoms. The molecule has 36 heavy (non-hydrogen) atoms. The zero-order valence-electron chi connectivity index (χ0n) is 20.6. The average Bonchev–Trinajstić information content (AvgIpc) is 3.23. The molecule has 0 radical (unpaired) electrons. The van der Waals surface area contributed by atoms with Crippen molar-refractivity contribution in [2.45, 2.75) is 63.5 Å². The van der Waals surface area contributed by atoms with E-state index < -0.39 is 29.4 Å². The second kappa shape index (κ2) is 7.47. The van der Waals surface area contributed by atoms with Crippen LogP contribution in [0.1, 0.15) is 57.6 Å². The third kappa shape index (κ3) is 2.96. The van der Waals surface area contributed by atoms with Crippen molar-refractivity contribution in [2.75, 3.05) is 4.90 Å². The van der Waals surface area contributed by atoms with Gasteiger partial charge in [-0.3, -0.25) is 29.2 Å². The number of hydrogen-bond donors (Lipinski definition) is 3.